The highest BCUT2D eigenvalue weighted by Gasteiger charge is 2.29. The van der Waals surface area contributed by atoms with E-state index in [4.69, 9.17) is 9.36 Å². The summed E-state index contributed by atoms with van der Waals surface area (Å²) in [6.45, 7) is 6.19. The van der Waals surface area contributed by atoms with Crippen LogP contribution in [0.5, 0.6) is 0 Å². The van der Waals surface area contributed by atoms with Gasteiger partial charge in [0.15, 0.2) is 0 Å². The van der Waals surface area contributed by atoms with Gasteiger partial charge in [-0.2, -0.15) is 4.98 Å². The third-order valence-corrected chi connectivity index (χ3v) is 3.92. The van der Waals surface area contributed by atoms with E-state index in [1.807, 2.05) is 45.0 Å². The molecule has 3 rings (SSSR count). The minimum atomic E-state index is -0.582. The minimum Gasteiger partial charge on any atom is -0.382 e. The fourth-order valence-corrected chi connectivity index (χ4v) is 2.41. The molecule has 0 bridgehead atoms. The molecule has 2 heterocycles. The molecular formula is C17H20N4O3. The van der Waals surface area contributed by atoms with Crippen LogP contribution in [0.4, 0.5) is 0 Å². The molecular weight excluding hydrogens is 308 g/mol. The zero-order valence-corrected chi connectivity index (χ0v) is 13.9. The molecule has 0 spiro atoms. The molecule has 1 aliphatic rings. The largest absolute Gasteiger partial charge is 0.382 e. The summed E-state index contributed by atoms with van der Waals surface area (Å²) < 4.78 is 5.20. The van der Waals surface area contributed by atoms with Gasteiger partial charge in [0.05, 0.1) is 12.3 Å². The Balaban J connectivity index is 1.57. The van der Waals surface area contributed by atoms with Crippen LogP contribution >= 0.6 is 0 Å². The molecule has 7 nitrogen and oxygen atoms in total. The lowest BCUT2D eigenvalue weighted by Gasteiger charge is -2.07. The van der Waals surface area contributed by atoms with E-state index in [0.29, 0.717) is 18.1 Å². The van der Waals surface area contributed by atoms with Crippen molar-refractivity contribution in [3.8, 4) is 11.4 Å². The number of amides is 1. The van der Waals surface area contributed by atoms with E-state index in [1.54, 1.807) is 0 Å². The molecule has 0 radical (unpaired) electrons. The van der Waals surface area contributed by atoms with Gasteiger partial charge in [-0.15, -0.1) is 0 Å². The maximum absolute atomic E-state index is 12.1. The Hall–Kier alpha value is -2.70. The van der Waals surface area contributed by atoms with E-state index < -0.39 is 6.10 Å². The average molecular weight is 328 g/mol. The Morgan fingerprint density at radius 2 is 2.17 bits per heavy atom. The highest BCUT2D eigenvalue weighted by Crippen LogP contribution is 2.20. The third-order valence-electron chi connectivity index (χ3n) is 3.92. The van der Waals surface area contributed by atoms with Gasteiger partial charge in [-0.1, -0.05) is 48.4 Å². The van der Waals surface area contributed by atoms with Gasteiger partial charge in [0.2, 0.25) is 17.8 Å². The second-order valence-electron chi connectivity index (χ2n) is 6.08. The summed E-state index contributed by atoms with van der Waals surface area (Å²) >= 11 is 0. The summed E-state index contributed by atoms with van der Waals surface area (Å²) in [4.78, 5) is 21.6. The van der Waals surface area contributed by atoms with E-state index >= 15 is 0 Å². The molecule has 126 valence electrons. The zero-order chi connectivity index (χ0) is 17.1. The van der Waals surface area contributed by atoms with E-state index in [9.17, 15) is 4.79 Å². The van der Waals surface area contributed by atoms with Crippen molar-refractivity contribution in [3.63, 3.8) is 0 Å². The second-order valence-corrected chi connectivity index (χ2v) is 6.08. The van der Waals surface area contributed by atoms with Gasteiger partial charge in [-0.3, -0.25) is 4.79 Å². The number of nitrogens with zero attached hydrogens (tertiary/aromatic N) is 3. The van der Waals surface area contributed by atoms with Crippen molar-refractivity contribution in [3.05, 3.63) is 35.7 Å². The summed E-state index contributed by atoms with van der Waals surface area (Å²) in [5.74, 6) is 0.907. The number of rotatable bonds is 5. The van der Waals surface area contributed by atoms with Crippen molar-refractivity contribution in [2.45, 2.75) is 39.8 Å². The first-order valence-electron chi connectivity index (χ1n) is 7.93. The molecule has 1 aromatic heterocycles. The summed E-state index contributed by atoms with van der Waals surface area (Å²) in [6, 6.07) is 7.79. The number of hydrogen-bond acceptors (Lipinski definition) is 6. The van der Waals surface area contributed by atoms with E-state index in [-0.39, 0.29) is 18.4 Å². The van der Waals surface area contributed by atoms with E-state index in [2.05, 4.69) is 20.6 Å². The fraction of sp³-hybridized carbons (Fsp3) is 0.412. The summed E-state index contributed by atoms with van der Waals surface area (Å²) in [5.41, 5.74) is 2.87. The van der Waals surface area contributed by atoms with E-state index in [1.165, 1.54) is 0 Å². The highest BCUT2D eigenvalue weighted by molar-refractivity contribution is 5.93. The third kappa shape index (κ3) is 3.45. The molecule has 1 aliphatic heterocycles. The highest BCUT2D eigenvalue weighted by atomic mass is 16.6. The molecule has 0 saturated carbocycles. The van der Waals surface area contributed by atoms with Crippen LogP contribution in [-0.2, 0) is 16.2 Å². The smallest absolute Gasteiger partial charge is 0.264 e. The number of carbonyl (C=O) groups excluding carboxylic acids is 1. The molecule has 0 unspecified atom stereocenters. The molecule has 1 amide bonds. The lowest BCUT2D eigenvalue weighted by Crippen LogP contribution is -2.34. The topological polar surface area (TPSA) is 89.6 Å². The van der Waals surface area contributed by atoms with Crippen LogP contribution in [0.15, 0.2) is 33.9 Å². The predicted octanol–water partition coefficient (Wildman–Crippen LogP) is 2.46. The van der Waals surface area contributed by atoms with Crippen molar-refractivity contribution in [2.24, 2.45) is 11.1 Å². The molecule has 1 N–H and O–H groups in total. The number of benzene rings is 1. The van der Waals surface area contributed by atoms with Crippen LogP contribution in [0.3, 0.4) is 0 Å². The molecule has 24 heavy (non-hydrogen) atoms. The molecule has 1 atom stereocenters. The number of nitrogens with one attached hydrogen (secondary N) is 1. The SMILES string of the molecule is Cc1ccccc1-c1noc(CNC(=O)[C@@H]2CC(C(C)C)=NO2)n1. The maximum Gasteiger partial charge on any atom is 0.264 e. The van der Waals surface area contributed by atoms with Crippen molar-refractivity contribution in [1.29, 1.82) is 0 Å². The van der Waals surface area contributed by atoms with Crippen LogP contribution in [0.25, 0.3) is 11.4 Å². The van der Waals surface area contributed by atoms with Crippen molar-refractivity contribution >= 4 is 11.6 Å². The lowest BCUT2D eigenvalue weighted by molar-refractivity contribution is -0.131. The lowest BCUT2D eigenvalue weighted by atomic mass is 10.0. The van der Waals surface area contributed by atoms with Gasteiger partial charge < -0.3 is 14.7 Å². The van der Waals surface area contributed by atoms with Gasteiger partial charge >= 0.3 is 0 Å². The number of aryl methyl sites for hydroxylation is 1. The number of hydrogen-bond donors (Lipinski definition) is 1. The minimum absolute atomic E-state index is 0.161. The molecule has 7 heteroatoms. The fourth-order valence-electron chi connectivity index (χ4n) is 2.41. The first kappa shape index (κ1) is 16.2. The molecule has 1 aromatic carbocycles. The van der Waals surface area contributed by atoms with Crippen LogP contribution in [0, 0.1) is 12.8 Å². The number of aromatic nitrogens is 2. The van der Waals surface area contributed by atoms with Crippen LogP contribution < -0.4 is 5.32 Å². The Labute approximate surface area is 140 Å². The van der Waals surface area contributed by atoms with E-state index in [0.717, 1.165) is 16.8 Å². The van der Waals surface area contributed by atoms with Crippen molar-refractivity contribution < 1.29 is 14.2 Å². The van der Waals surface area contributed by atoms with Gasteiger partial charge in [0.1, 0.15) is 0 Å². The summed E-state index contributed by atoms with van der Waals surface area (Å²) in [6.07, 6.45) is -0.0666. The maximum atomic E-state index is 12.1. The Kier molecular flexibility index (Phi) is 4.59. The van der Waals surface area contributed by atoms with Gasteiger partial charge in [-0.25, -0.2) is 0 Å². The Bertz CT molecular complexity index is 767. The first-order chi connectivity index (χ1) is 11.5. The van der Waals surface area contributed by atoms with Crippen LogP contribution in [0.2, 0.25) is 0 Å². The Morgan fingerprint density at radius 1 is 1.38 bits per heavy atom. The summed E-state index contributed by atoms with van der Waals surface area (Å²) in [7, 11) is 0. The van der Waals surface area contributed by atoms with Gasteiger partial charge in [0, 0.05) is 12.0 Å². The van der Waals surface area contributed by atoms with Crippen LogP contribution in [-0.4, -0.2) is 27.9 Å². The molecule has 2 aromatic rings. The van der Waals surface area contributed by atoms with Crippen molar-refractivity contribution in [2.75, 3.05) is 0 Å². The standard InChI is InChI=1S/C17H20N4O3/c1-10(2)13-8-14(23-20-13)17(22)18-9-15-19-16(21-24-15)12-7-5-4-6-11(12)3/h4-7,10,14H,8-9H2,1-3H3,(H,18,22)/t14-/m0/s1. The Morgan fingerprint density at radius 3 is 2.88 bits per heavy atom. The quantitative estimate of drug-likeness (QED) is 0.910. The zero-order valence-electron chi connectivity index (χ0n) is 13.9. The normalized spacial score (nSPS) is 16.8. The summed E-state index contributed by atoms with van der Waals surface area (Å²) in [5, 5.41) is 10.7. The average Bonchev–Trinajstić information content (AvgIpc) is 3.22. The first-order valence-corrected chi connectivity index (χ1v) is 7.93. The monoisotopic (exact) mass is 328 g/mol. The molecule has 0 fully saturated rings. The molecule has 0 aliphatic carbocycles. The second kappa shape index (κ2) is 6.82. The van der Waals surface area contributed by atoms with Gasteiger partial charge in [-0.05, 0) is 18.4 Å². The number of oxime groups is 1. The number of carbonyl (C=O) groups is 1. The van der Waals surface area contributed by atoms with Crippen molar-refractivity contribution in [1.82, 2.24) is 15.5 Å². The predicted molar refractivity (Wildman–Crippen MR) is 88.1 cm³/mol. The van der Waals surface area contributed by atoms with Crippen LogP contribution in [0.1, 0.15) is 31.7 Å². The molecule has 0 saturated heterocycles. The van der Waals surface area contributed by atoms with Gasteiger partial charge in [0.25, 0.3) is 5.91 Å².